The van der Waals surface area contributed by atoms with Crippen molar-refractivity contribution in [3.63, 3.8) is 0 Å². The van der Waals surface area contributed by atoms with Crippen LogP contribution in [0.15, 0.2) is 52.5 Å². The van der Waals surface area contributed by atoms with E-state index in [0.29, 0.717) is 16.5 Å². The van der Waals surface area contributed by atoms with E-state index < -0.39 is 0 Å². The predicted molar refractivity (Wildman–Crippen MR) is 107 cm³/mol. The lowest BCUT2D eigenvalue weighted by molar-refractivity contribution is -0.118. The van der Waals surface area contributed by atoms with Crippen LogP contribution >= 0.6 is 23.4 Å². The smallest absolute Gasteiger partial charge is 0.250 e. The number of hydrogen-bond donors (Lipinski definition) is 1. The van der Waals surface area contributed by atoms with Crippen LogP contribution < -0.4 is 14.9 Å². The molecule has 0 heterocycles. The van der Waals surface area contributed by atoms with E-state index in [1.54, 1.807) is 25.5 Å². The first kappa shape index (κ1) is 20.1. The molecule has 0 aliphatic carbocycles. The first-order chi connectivity index (χ1) is 12.5. The second kappa shape index (κ2) is 10.1. The van der Waals surface area contributed by atoms with Gasteiger partial charge in [0.05, 0.1) is 25.2 Å². The number of rotatable bonds is 8. The minimum Gasteiger partial charge on any atom is -0.493 e. The Labute approximate surface area is 162 Å². The largest absolute Gasteiger partial charge is 0.493 e. The quantitative estimate of drug-likeness (QED) is 0.411. The second-order valence-electron chi connectivity index (χ2n) is 5.58. The van der Waals surface area contributed by atoms with Crippen molar-refractivity contribution in [2.75, 3.05) is 12.9 Å². The number of ether oxygens (including phenoxy) is 2. The molecule has 2 aromatic carbocycles. The van der Waals surface area contributed by atoms with Crippen molar-refractivity contribution in [2.24, 2.45) is 5.10 Å². The molecule has 0 saturated heterocycles. The van der Waals surface area contributed by atoms with Gasteiger partial charge in [-0.1, -0.05) is 17.7 Å². The Hall–Kier alpha value is -2.18. The van der Waals surface area contributed by atoms with Gasteiger partial charge in [-0.2, -0.15) is 5.10 Å². The van der Waals surface area contributed by atoms with Crippen molar-refractivity contribution in [1.29, 1.82) is 0 Å². The molecule has 1 N–H and O–H groups in total. The molecule has 7 heteroatoms. The molecule has 138 valence electrons. The highest BCUT2D eigenvalue weighted by atomic mass is 35.5. The van der Waals surface area contributed by atoms with Crippen LogP contribution in [0.1, 0.15) is 19.4 Å². The molecular weight excluding hydrogens is 372 g/mol. The van der Waals surface area contributed by atoms with Gasteiger partial charge in [0.2, 0.25) is 5.91 Å². The standard InChI is InChI=1S/C19H21ClN2O3S/c1-13(2)25-19-14(5-4-6-17(19)24-3)11-21-22-18(23)12-26-16-9-7-15(20)8-10-16/h4-11,13H,12H2,1-3H3,(H,22,23)/b21-11-. The summed E-state index contributed by atoms with van der Waals surface area (Å²) >= 11 is 7.25. The summed E-state index contributed by atoms with van der Waals surface area (Å²) in [6.07, 6.45) is 1.54. The lowest BCUT2D eigenvalue weighted by atomic mass is 10.2. The molecule has 2 rings (SSSR count). The monoisotopic (exact) mass is 392 g/mol. The molecule has 0 saturated carbocycles. The Kier molecular flexibility index (Phi) is 7.81. The van der Waals surface area contributed by atoms with Crippen LogP contribution in [0.3, 0.4) is 0 Å². The van der Waals surface area contributed by atoms with Gasteiger partial charge in [0.25, 0.3) is 0 Å². The van der Waals surface area contributed by atoms with Crippen LogP contribution in [-0.4, -0.2) is 31.1 Å². The molecule has 0 radical (unpaired) electrons. The zero-order valence-corrected chi connectivity index (χ0v) is 16.4. The number of para-hydroxylation sites is 1. The van der Waals surface area contributed by atoms with Gasteiger partial charge in [-0.25, -0.2) is 5.43 Å². The molecule has 26 heavy (non-hydrogen) atoms. The van der Waals surface area contributed by atoms with Crippen molar-refractivity contribution in [3.8, 4) is 11.5 Å². The Morgan fingerprint density at radius 2 is 2.00 bits per heavy atom. The number of hydrogen-bond acceptors (Lipinski definition) is 5. The molecule has 0 fully saturated rings. The molecule has 0 bridgehead atoms. The van der Waals surface area contributed by atoms with Crippen LogP contribution in [-0.2, 0) is 4.79 Å². The van der Waals surface area contributed by atoms with Crippen molar-refractivity contribution < 1.29 is 14.3 Å². The van der Waals surface area contributed by atoms with E-state index >= 15 is 0 Å². The summed E-state index contributed by atoms with van der Waals surface area (Å²) in [6, 6.07) is 12.8. The van der Waals surface area contributed by atoms with Gasteiger partial charge in [-0.05, 0) is 50.2 Å². The van der Waals surface area contributed by atoms with Gasteiger partial charge >= 0.3 is 0 Å². The first-order valence-corrected chi connectivity index (χ1v) is 9.40. The number of carbonyl (C=O) groups is 1. The fourth-order valence-electron chi connectivity index (χ4n) is 2.04. The maximum absolute atomic E-state index is 11.9. The molecule has 0 unspecified atom stereocenters. The number of halogens is 1. The van der Waals surface area contributed by atoms with E-state index in [2.05, 4.69) is 10.5 Å². The third-order valence-corrected chi connectivity index (χ3v) is 4.42. The summed E-state index contributed by atoms with van der Waals surface area (Å²) in [4.78, 5) is 12.9. The van der Waals surface area contributed by atoms with Crippen LogP contribution in [0, 0.1) is 0 Å². The third kappa shape index (κ3) is 6.28. The van der Waals surface area contributed by atoms with Gasteiger partial charge in [0.15, 0.2) is 11.5 Å². The summed E-state index contributed by atoms with van der Waals surface area (Å²) in [5, 5.41) is 4.68. The molecule has 0 atom stereocenters. The fraction of sp³-hybridized carbons (Fsp3) is 0.263. The first-order valence-electron chi connectivity index (χ1n) is 8.03. The SMILES string of the molecule is COc1cccc(/C=N\NC(=O)CSc2ccc(Cl)cc2)c1OC(C)C. The normalized spacial score (nSPS) is 11.0. The minimum atomic E-state index is -0.199. The highest BCUT2D eigenvalue weighted by Crippen LogP contribution is 2.30. The number of carbonyl (C=O) groups excluding carboxylic acids is 1. The summed E-state index contributed by atoms with van der Waals surface area (Å²) in [7, 11) is 1.58. The number of nitrogens with one attached hydrogen (secondary N) is 1. The van der Waals surface area contributed by atoms with E-state index in [-0.39, 0.29) is 17.8 Å². The number of methoxy groups -OCH3 is 1. The van der Waals surface area contributed by atoms with E-state index in [1.807, 2.05) is 44.2 Å². The Balaban J connectivity index is 1.94. The summed E-state index contributed by atoms with van der Waals surface area (Å²) < 4.78 is 11.1. The average Bonchev–Trinajstić information content (AvgIpc) is 2.62. The van der Waals surface area contributed by atoms with E-state index in [0.717, 1.165) is 10.5 Å². The number of amides is 1. The molecule has 5 nitrogen and oxygen atoms in total. The van der Waals surface area contributed by atoms with Crippen molar-refractivity contribution in [2.45, 2.75) is 24.8 Å². The maximum atomic E-state index is 11.9. The Morgan fingerprint density at radius 3 is 2.65 bits per heavy atom. The number of nitrogens with zero attached hydrogens (tertiary/aromatic N) is 1. The molecule has 0 aromatic heterocycles. The van der Waals surface area contributed by atoms with Crippen LogP contribution in [0.2, 0.25) is 5.02 Å². The van der Waals surface area contributed by atoms with Gasteiger partial charge in [0.1, 0.15) is 0 Å². The van der Waals surface area contributed by atoms with E-state index in [4.69, 9.17) is 21.1 Å². The zero-order chi connectivity index (χ0) is 18.9. The minimum absolute atomic E-state index is 0.0104. The Bertz CT molecular complexity index is 764. The van der Waals surface area contributed by atoms with Crippen LogP contribution in [0.5, 0.6) is 11.5 Å². The maximum Gasteiger partial charge on any atom is 0.250 e. The Morgan fingerprint density at radius 1 is 1.27 bits per heavy atom. The molecular formula is C19H21ClN2O3S. The van der Waals surface area contributed by atoms with Gasteiger partial charge in [0, 0.05) is 15.5 Å². The van der Waals surface area contributed by atoms with Crippen LogP contribution in [0.4, 0.5) is 0 Å². The molecule has 1 amide bonds. The third-order valence-electron chi connectivity index (χ3n) is 3.16. The molecule has 2 aromatic rings. The van der Waals surface area contributed by atoms with Crippen molar-refractivity contribution in [3.05, 3.63) is 53.1 Å². The number of hydrazone groups is 1. The summed E-state index contributed by atoms with van der Waals surface area (Å²) in [6.45, 7) is 3.87. The van der Waals surface area contributed by atoms with Crippen LogP contribution in [0.25, 0.3) is 0 Å². The second-order valence-corrected chi connectivity index (χ2v) is 7.07. The van der Waals surface area contributed by atoms with Gasteiger partial charge < -0.3 is 9.47 Å². The van der Waals surface area contributed by atoms with Crippen molar-refractivity contribution in [1.82, 2.24) is 5.43 Å². The van der Waals surface area contributed by atoms with E-state index in [9.17, 15) is 4.79 Å². The van der Waals surface area contributed by atoms with Gasteiger partial charge in [-0.15, -0.1) is 11.8 Å². The highest BCUT2D eigenvalue weighted by Gasteiger charge is 2.11. The number of thioether (sulfide) groups is 1. The topological polar surface area (TPSA) is 59.9 Å². The fourth-order valence-corrected chi connectivity index (χ4v) is 2.86. The predicted octanol–water partition coefficient (Wildman–Crippen LogP) is 4.38. The lowest BCUT2D eigenvalue weighted by Gasteiger charge is -2.15. The molecule has 0 spiro atoms. The van der Waals surface area contributed by atoms with Crippen molar-refractivity contribution >= 4 is 35.5 Å². The number of benzene rings is 2. The summed E-state index contributed by atoms with van der Waals surface area (Å²) in [5.41, 5.74) is 3.24. The lowest BCUT2D eigenvalue weighted by Crippen LogP contribution is -2.19. The summed E-state index contributed by atoms with van der Waals surface area (Å²) in [5.74, 6) is 1.27. The molecule has 0 aliphatic rings. The van der Waals surface area contributed by atoms with Gasteiger partial charge in [-0.3, -0.25) is 4.79 Å². The average molecular weight is 393 g/mol. The highest BCUT2D eigenvalue weighted by molar-refractivity contribution is 8.00. The zero-order valence-electron chi connectivity index (χ0n) is 14.9. The molecule has 0 aliphatic heterocycles. The van der Waals surface area contributed by atoms with E-state index in [1.165, 1.54) is 11.8 Å².